The maximum absolute atomic E-state index is 11.1. The number of carboxylic acids is 1. The van der Waals surface area contributed by atoms with Crippen molar-refractivity contribution in [2.24, 2.45) is 0 Å². The summed E-state index contributed by atoms with van der Waals surface area (Å²) in [4.78, 5) is 11.1. The van der Waals surface area contributed by atoms with Gasteiger partial charge in [0.25, 0.3) is 0 Å². The molecular weight excluding hydrogens is 166 g/mol. The summed E-state index contributed by atoms with van der Waals surface area (Å²) in [6.07, 6.45) is 3.10. The van der Waals surface area contributed by atoms with E-state index in [2.05, 4.69) is 11.9 Å². The van der Waals surface area contributed by atoms with E-state index in [1.165, 1.54) is 0 Å². The molecule has 1 rings (SSSR count). The number of aliphatic carboxylic acids is 1. The van der Waals surface area contributed by atoms with E-state index in [0.29, 0.717) is 6.42 Å². The van der Waals surface area contributed by atoms with Gasteiger partial charge in [0, 0.05) is 0 Å². The van der Waals surface area contributed by atoms with E-state index >= 15 is 0 Å². The lowest BCUT2D eigenvalue weighted by molar-refractivity contribution is -0.144. The number of rotatable bonds is 4. The Morgan fingerprint density at radius 3 is 2.77 bits per heavy atom. The van der Waals surface area contributed by atoms with E-state index < -0.39 is 11.5 Å². The van der Waals surface area contributed by atoms with Gasteiger partial charge in [-0.05, 0) is 32.2 Å². The minimum absolute atomic E-state index is 0.568. The molecule has 1 fully saturated rings. The van der Waals surface area contributed by atoms with Crippen molar-refractivity contribution >= 4 is 5.97 Å². The second-order valence-corrected chi connectivity index (χ2v) is 3.70. The summed E-state index contributed by atoms with van der Waals surface area (Å²) in [6, 6.07) is 0. The van der Waals surface area contributed by atoms with Crippen LogP contribution in [-0.2, 0) is 4.79 Å². The molecule has 0 amide bonds. The van der Waals surface area contributed by atoms with Gasteiger partial charge in [-0.15, -0.1) is 0 Å². The van der Waals surface area contributed by atoms with E-state index in [1.54, 1.807) is 0 Å². The van der Waals surface area contributed by atoms with Gasteiger partial charge in [-0.2, -0.15) is 0 Å². The Bertz CT molecular complexity index is 217. The maximum atomic E-state index is 11.1. The van der Waals surface area contributed by atoms with Crippen molar-refractivity contribution in [1.82, 2.24) is 5.32 Å². The van der Waals surface area contributed by atoms with Gasteiger partial charge < -0.3 is 10.4 Å². The zero-order valence-electron chi connectivity index (χ0n) is 8.10. The summed E-state index contributed by atoms with van der Waals surface area (Å²) < 4.78 is 0. The van der Waals surface area contributed by atoms with E-state index in [9.17, 15) is 4.79 Å². The molecule has 0 aromatic heterocycles. The Labute approximate surface area is 78.8 Å². The molecule has 0 bridgehead atoms. The van der Waals surface area contributed by atoms with Crippen LogP contribution < -0.4 is 5.32 Å². The van der Waals surface area contributed by atoms with Crippen molar-refractivity contribution in [3.63, 3.8) is 0 Å². The van der Waals surface area contributed by atoms with Crippen LogP contribution in [0.5, 0.6) is 0 Å². The molecule has 74 valence electrons. The van der Waals surface area contributed by atoms with Gasteiger partial charge in [0.2, 0.25) is 0 Å². The molecule has 0 radical (unpaired) electrons. The molecule has 1 unspecified atom stereocenters. The van der Waals surface area contributed by atoms with Gasteiger partial charge >= 0.3 is 5.97 Å². The van der Waals surface area contributed by atoms with Gasteiger partial charge in [0.1, 0.15) is 5.54 Å². The van der Waals surface area contributed by atoms with Crippen LogP contribution in [0.4, 0.5) is 0 Å². The van der Waals surface area contributed by atoms with Crippen LogP contribution in [-0.4, -0.2) is 23.2 Å². The van der Waals surface area contributed by atoms with Crippen LogP contribution in [0, 0.1) is 0 Å². The number of carbonyl (C=O) groups is 1. The van der Waals surface area contributed by atoms with Crippen LogP contribution >= 0.6 is 0 Å². The SMILES string of the molecule is C=C(CC)CC1(C(=O)O)CCCN1. The molecule has 2 N–H and O–H groups in total. The smallest absolute Gasteiger partial charge is 0.324 e. The lowest BCUT2D eigenvalue weighted by atomic mass is 9.89. The predicted octanol–water partition coefficient (Wildman–Crippen LogP) is 1.55. The Hall–Kier alpha value is -0.830. The third-order valence-electron chi connectivity index (χ3n) is 2.70. The average molecular weight is 183 g/mol. The topological polar surface area (TPSA) is 49.3 Å². The molecule has 0 aromatic carbocycles. The fourth-order valence-corrected chi connectivity index (χ4v) is 1.77. The van der Waals surface area contributed by atoms with Crippen molar-refractivity contribution in [3.05, 3.63) is 12.2 Å². The highest BCUT2D eigenvalue weighted by atomic mass is 16.4. The van der Waals surface area contributed by atoms with Crippen molar-refractivity contribution in [2.75, 3.05) is 6.54 Å². The van der Waals surface area contributed by atoms with Gasteiger partial charge in [0.15, 0.2) is 0 Å². The Morgan fingerprint density at radius 2 is 2.38 bits per heavy atom. The van der Waals surface area contributed by atoms with E-state index in [1.807, 2.05) is 6.92 Å². The molecule has 0 saturated carbocycles. The molecule has 0 aromatic rings. The van der Waals surface area contributed by atoms with E-state index in [4.69, 9.17) is 5.11 Å². The molecule has 1 saturated heterocycles. The number of nitrogens with one attached hydrogen (secondary N) is 1. The normalized spacial score (nSPS) is 27.5. The third kappa shape index (κ3) is 2.10. The first-order valence-electron chi connectivity index (χ1n) is 4.76. The fraction of sp³-hybridized carbons (Fsp3) is 0.700. The molecule has 3 heteroatoms. The first-order chi connectivity index (χ1) is 6.10. The van der Waals surface area contributed by atoms with Gasteiger partial charge in [-0.25, -0.2) is 0 Å². The van der Waals surface area contributed by atoms with Crippen LogP contribution in [0.1, 0.15) is 32.6 Å². The Kier molecular flexibility index (Phi) is 3.09. The quantitative estimate of drug-likeness (QED) is 0.650. The summed E-state index contributed by atoms with van der Waals surface area (Å²) in [5.74, 6) is -0.736. The summed E-state index contributed by atoms with van der Waals surface area (Å²) in [6.45, 7) is 6.68. The fourth-order valence-electron chi connectivity index (χ4n) is 1.77. The summed E-state index contributed by atoms with van der Waals surface area (Å²) >= 11 is 0. The Morgan fingerprint density at radius 1 is 1.69 bits per heavy atom. The monoisotopic (exact) mass is 183 g/mol. The van der Waals surface area contributed by atoms with Crippen molar-refractivity contribution in [3.8, 4) is 0 Å². The summed E-state index contributed by atoms with van der Waals surface area (Å²) in [7, 11) is 0. The molecule has 0 aliphatic carbocycles. The highest BCUT2D eigenvalue weighted by molar-refractivity contribution is 5.79. The van der Waals surface area contributed by atoms with Crippen LogP contribution in [0.15, 0.2) is 12.2 Å². The first-order valence-corrected chi connectivity index (χ1v) is 4.76. The minimum atomic E-state index is -0.736. The zero-order valence-corrected chi connectivity index (χ0v) is 8.10. The molecule has 13 heavy (non-hydrogen) atoms. The molecule has 3 nitrogen and oxygen atoms in total. The lowest BCUT2D eigenvalue weighted by Crippen LogP contribution is -2.47. The Balaban J connectivity index is 2.68. The highest BCUT2D eigenvalue weighted by Crippen LogP contribution is 2.27. The second kappa shape index (κ2) is 3.92. The predicted molar refractivity (Wildman–Crippen MR) is 51.7 cm³/mol. The van der Waals surface area contributed by atoms with E-state index in [-0.39, 0.29) is 0 Å². The lowest BCUT2D eigenvalue weighted by Gasteiger charge is -2.25. The van der Waals surface area contributed by atoms with Crippen molar-refractivity contribution in [1.29, 1.82) is 0 Å². The molecule has 0 spiro atoms. The average Bonchev–Trinajstić information content (AvgIpc) is 2.54. The molecular formula is C10H17NO2. The van der Waals surface area contributed by atoms with E-state index in [0.717, 1.165) is 31.4 Å². The zero-order chi connectivity index (χ0) is 9.90. The maximum Gasteiger partial charge on any atom is 0.324 e. The molecule has 1 aliphatic heterocycles. The van der Waals surface area contributed by atoms with Crippen molar-refractivity contribution in [2.45, 2.75) is 38.1 Å². The first kappa shape index (κ1) is 10.3. The van der Waals surface area contributed by atoms with Gasteiger partial charge in [-0.1, -0.05) is 19.1 Å². The van der Waals surface area contributed by atoms with Crippen molar-refractivity contribution < 1.29 is 9.90 Å². The summed E-state index contributed by atoms with van der Waals surface area (Å²) in [5, 5.41) is 12.2. The van der Waals surface area contributed by atoms with Crippen LogP contribution in [0.2, 0.25) is 0 Å². The minimum Gasteiger partial charge on any atom is -0.480 e. The largest absolute Gasteiger partial charge is 0.480 e. The second-order valence-electron chi connectivity index (χ2n) is 3.70. The standard InChI is InChI=1S/C10H17NO2/c1-3-8(2)7-10(9(12)13)5-4-6-11-10/h11H,2-7H2,1H3,(H,12,13). The highest BCUT2D eigenvalue weighted by Gasteiger charge is 2.40. The van der Waals surface area contributed by atoms with Gasteiger partial charge in [-0.3, -0.25) is 4.79 Å². The summed E-state index contributed by atoms with van der Waals surface area (Å²) in [5.41, 5.74) is 0.296. The molecule has 1 aliphatic rings. The number of carboxylic acid groups (broad SMARTS) is 1. The van der Waals surface area contributed by atoms with Crippen LogP contribution in [0.25, 0.3) is 0 Å². The molecule has 1 atom stereocenters. The number of hydrogen-bond acceptors (Lipinski definition) is 2. The molecule has 1 heterocycles. The van der Waals surface area contributed by atoms with Crippen LogP contribution in [0.3, 0.4) is 0 Å². The third-order valence-corrected chi connectivity index (χ3v) is 2.70. The number of hydrogen-bond donors (Lipinski definition) is 2. The van der Waals surface area contributed by atoms with Gasteiger partial charge in [0.05, 0.1) is 0 Å².